The molecule has 0 saturated carbocycles. The van der Waals surface area contributed by atoms with Crippen molar-refractivity contribution in [1.29, 1.82) is 0 Å². The number of carbonyl (C=O) groups excluding carboxylic acids is 1. The second kappa shape index (κ2) is 6.83. The third-order valence-electron chi connectivity index (χ3n) is 4.38. The fourth-order valence-electron chi connectivity index (χ4n) is 3.01. The normalized spacial score (nSPS) is 18.9. The van der Waals surface area contributed by atoms with E-state index in [1.54, 1.807) is 24.2 Å². The molecule has 1 aromatic carbocycles. The van der Waals surface area contributed by atoms with Crippen LogP contribution in [0.25, 0.3) is 0 Å². The Hall–Kier alpha value is -2.34. The first kappa shape index (κ1) is 15.6. The van der Waals surface area contributed by atoms with Gasteiger partial charge in [0.2, 0.25) is 5.91 Å². The van der Waals surface area contributed by atoms with Crippen LogP contribution >= 0.6 is 0 Å². The lowest BCUT2D eigenvalue weighted by Gasteiger charge is -2.40. The summed E-state index contributed by atoms with van der Waals surface area (Å²) in [5, 5.41) is 0. The number of hydrogen-bond donors (Lipinski definition) is 0. The van der Waals surface area contributed by atoms with Gasteiger partial charge in [0, 0.05) is 37.6 Å². The van der Waals surface area contributed by atoms with Gasteiger partial charge >= 0.3 is 0 Å². The zero-order chi connectivity index (χ0) is 16.2. The number of rotatable bonds is 4. The van der Waals surface area contributed by atoms with Gasteiger partial charge in [0.05, 0.1) is 19.5 Å². The molecule has 1 fully saturated rings. The van der Waals surface area contributed by atoms with E-state index in [4.69, 9.17) is 4.74 Å². The number of amides is 1. The number of nitrogens with zero attached hydrogens (tertiary/aromatic N) is 4. The van der Waals surface area contributed by atoms with Gasteiger partial charge < -0.3 is 14.2 Å². The number of methoxy groups -OCH3 is 1. The van der Waals surface area contributed by atoms with Crippen LogP contribution in [0.1, 0.15) is 11.6 Å². The van der Waals surface area contributed by atoms with Crippen LogP contribution in [0.5, 0.6) is 5.75 Å². The van der Waals surface area contributed by atoms with Crippen molar-refractivity contribution in [3.05, 3.63) is 48.5 Å². The lowest BCUT2D eigenvalue weighted by atomic mass is 10.0. The first-order chi connectivity index (χ1) is 11.2. The number of aromatic nitrogens is 2. The number of piperazine rings is 1. The van der Waals surface area contributed by atoms with E-state index < -0.39 is 0 Å². The molecule has 1 aliphatic rings. The van der Waals surface area contributed by atoms with Gasteiger partial charge in [-0.1, -0.05) is 18.2 Å². The number of benzene rings is 1. The molecular formula is C17H22N4O2. The van der Waals surface area contributed by atoms with Crippen LogP contribution in [0.3, 0.4) is 0 Å². The van der Waals surface area contributed by atoms with Gasteiger partial charge in [-0.2, -0.15) is 0 Å². The molecule has 2 heterocycles. The first-order valence-electron chi connectivity index (χ1n) is 7.75. The van der Waals surface area contributed by atoms with Crippen molar-refractivity contribution in [2.45, 2.75) is 12.6 Å². The summed E-state index contributed by atoms with van der Waals surface area (Å²) in [7, 11) is 3.78. The van der Waals surface area contributed by atoms with E-state index in [-0.39, 0.29) is 11.9 Å². The summed E-state index contributed by atoms with van der Waals surface area (Å²) < 4.78 is 7.29. The Bertz CT molecular complexity index is 656. The summed E-state index contributed by atoms with van der Waals surface area (Å²) in [5.41, 5.74) is 1.12. The highest BCUT2D eigenvalue weighted by Crippen LogP contribution is 2.31. The SMILES string of the molecule is COc1ccccc1[C@@H]1CN(C(=O)Cn2ccnc2)CCN1C. The average molecular weight is 314 g/mol. The minimum atomic E-state index is 0.121. The largest absolute Gasteiger partial charge is 0.496 e. The molecule has 2 aromatic rings. The number of para-hydroxylation sites is 1. The molecule has 1 saturated heterocycles. The van der Waals surface area contributed by atoms with Gasteiger partial charge in [0.1, 0.15) is 12.3 Å². The second-order valence-corrected chi connectivity index (χ2v) is 5.81. The molecule has 23 heavy (non-hydrogen) atoms. The van der Waals surface area contributed by atoms with Gasteiger partial charge in [0.15, 0.2) is 0 Å². The van der Waals surface area contributed by atoms with Crippen molar-refractivity contribution < 1.29 is 9.53 Å². The molecule has 1 aromatic heterocycles. The van der Waals surface area contributed by atoms with E-state index >= 15 is 0 Å². The highest BCUT2D eigenvalue weighted by molar-refractivity contribution is 5.76. The predicted molar refractivity (Wildman–Crippen MR) is 87.2 cm³/mol. The molecule has 1 amide bonds. The topological polar surface area (TPSA) is 50.6 Å². The lowest BCUT2D eigenvalue weighted by molar-refractivity contribution is -0.134. The summed E-state index contributed by atoms with van der Waals surface area (Å²) in [6.07, 6.45) is 5.17. The summed E-state index contributed by atoms with van der Waals surface area (Å²) in [6.45, 7) is 2.60. The van der Waals surface area contributed by atoms with Crippen LogP contribution in [0.4, 0.5) is 0 Å². The molecule has 0 aliphatic carbocycles. The maximum atomic E-state index is 12.5. The van der Waals surface area contributed by atoms with Gasteiger partial charge in [-0.05, 0) is 13.1 Å². The lowest BCUT2D eigenvalue weighted by Crippen LogP contribution is -2.49. The Morgan fingerprint density at radius 1 is 1.35 bits per heavy atom. The van der Waals surface area contributed by atoms with Crippen molar-refractivity contribution in [1.82, 2.24) is 19.4 Å². The highest BCUT2D eigenvalue weighted by Gasteiger charge is 2.30. The molecular weight excluding hydrogens is 292 g/mol. The fourth-order valence-corrected chi connectivity index (χ4v) is 3.01. The Morgan fingerprint density at radius 2 is 2.17 bits per heavy atom. The number of hydrogen-bond acceptors (Lipinski definition) is 4. The Balaban J connectivity index is 1.75. The Morgan fingerprint density at radius 3 is 2.91 bits per heavy atom. The van der Waals surface area contributed by atoms with E-state index in [1.165, 1.54) is 0 Å². The van der Waals surface area contributed by atoms with E-state index in [0.29, 0.717) is 13.1 Å². The van der Waals surface area contributed by atoms with E-state index in [1.807, 2.05) is 29.3 Å². The highest BCUT2D eigenvalue weighted by atomic mass is 16.5. The molecule has 0 radical (unpaired) electrons. The Kier molecular flexibility index (Phi) is 4.62. The van der Waals surface area contributed by atoms with Crippen molar-refractivity contribution >= 4 is 5.91 Å². The summed E-state index contributed by atoms with van der Waals surface area (Å²) >= 11 is 0. The Labute approximate surface area is 136 Å². The minimum Gasteiger partial charge on any atom is -0.496 e. The molecule has 3 rings (SSSR count). The number of likely N-dealkylation sites (N-methyl/N-ethyl adjacent to an activating group) is 1. The minimum absolute atomic E-state index is 0.121. The quantitative estimate of drug-likeness (QED) is 0.856. The van der Waals surface area contributed by atoms with Crippen LogP contribution in [-0.2, 0) is 11.3 Å². The molecule has 6 nitrogen and oxygen atoms in total. The van der Waals surface area contributed by atoms with Gasteiger partial charge in [-0.3, -0.25) is 9.69 Å². The predicted octanol–water partition coefficient (Wildman–Crippen LogP) is 1.41. The van der Waals surface area contributed by atoms with E-state index in [0.717, 1.165) is 24.4 Å². The van der Waals surface area contributed by atoms with Crippen LogP contribution in [-0.4, -0.2) is 59.0 Å². The maximum Gasteiger partial charge on any atom is 0.242 e. The fraction of sp³-hybridized carbons (Fsp3) is 0.412. The van der Waals surface area contributed by atoms with Crippen LogP contribution in [0, 0.1) is 0 Å². The van der Waals surface area contributed by atoms with Crippen molar-refractivity contribution in [2.24, 2.45) is 0 Å². The first-order valence-corrected chi connectivity index (χ1v) is 7.75. The van der Waals surface area contributed by atoms with Crippen LogP contribution < -0.4 is 4.74 Å². The molecule has 0 bridgehead atoms. The van der Waals surface area contributed by atoms with E-state index in [9.17, 15) is 4.79 Å². The van der Waals surface area contributed by atoms with Gasteiger partial charge in [-0.25, -0.2) is 4.98 Å². The molecule has 1 atom stereocenters. The van der Waals surface area contributed by atoms with Crippen LogP contribution in [0.2, 0.25) is 0 Å². The third kappa shape index (κ3) is 3.37. The molecule has 0 N–H and O–H groups in total. The van der Waals surface area contributed by atoms with Crippen molar-refractivity contribution in [3.63, 3.8) is 0 Å². The van der Waals surface area contributed by atoms with Gasteiger partial charge in [-0.15, -0.1) is 0 Å². The number of carbonyl (C=O) groups is 1. The number of imidazole rings is 1. The van der Waals surface area contributed by atoms with E-state index in [2.05, 4.69) is 23.0 Å². The molecule has 6 heteroatoms. The maximum absolute atomic E-state index is 12.5. The molecule has 0 spiro atoms. The molecule has 122 valence electrons. The summed E-state index contributed by atoms with van der Waals surface area (Å²) in [4.78, 5) is 20.7. The van der Waals surface area contributed by atoms with Crippen molar-refractivity contribution in [3.8, 4) is 5.75 Å². The van der Waals surface area contributed by atoms with Crippen LogP contribution in [0.15, 0.2) is 43.0 Å². The van der Waals surface area contributed by atoms with Gasteiger partial charge in [0.25, 0.3) is 0 Å². The average Bonchev–Trinajstić information content (AvgIpc) is 3.08. The third-order valence-corrected chi connectivity index (χ3v) is 4.38. The smallest absolute Gasteiger partial charge is 0.242 e. The zero-order valence-corrected chi connectivity index (χ0v) is 13.6. The summed E-state index contributed by atoms with van der Waals surface area (Å²) in [6, 6.07) is 8.16. The molecule has 1 aliphatic heterocycles. The second-order valence-electron chi connectivity index (χ2n) is 5.81. The monoisotopic (exact) mass is 314 g/mol. The zero-order valence-electron chi connectivity index (χ0n) is 13.6. The van der Waals surface area contributed by atoms with Crippen molar-refractivity contribution in [2.75, 3.05) is 33.8 Å². The number of ether oxygens (including phenoxy) is 1. The summed E-state index contributed by atoms with van der Waals surface area (Å²) in [5.74, 6) is 0.990. The standard InChI is InChI=1S/C17H22N4O2/c1-19-9-10-21(17(22)12-20-8-7-18-13-20)11-15(19)14-5-3-4-6-16(14)23-2/h3-8,13,15H,9-12H2,1-2H3/t15-/m0/s1. The molecule has 0 unspecified atom stereocenters.